The summed E-state index contributed by atoms with van der Waals surface area (Å²) < 4.78 is 0. The fourth-order valence-corrected chi connectivity index (χ4v) is 2.07. The molecular formula is C11H23N3O. The topological polar surface area (TPSA) is 58.4 Å². The minimum absolute atomic E-state index is 0.106. The fourth-order valence-electron chi connectivity index (χ4n) is 2.07. The summed E-state index contributed by atoms with van der Waals surface area (Å²) >= 11 is 0. The molecule has 1 aliphatic heterocycles. The van der Waals surface area contributed by atoms with Crippen LogP contribution >= 0.6 is 0 Å². The van der Waals surface area contributed by atoms with Gasteiger partial charge in [-0.2, -0.15) is 0 Å². The van der Waals surface area contributed by atoms with Gasteiger partial charge in [-0.25, -0.2) is 0 Å². The molecular weight excluding hydrogens is 190 g/mol. The molecule has 1 amide bonds. The lowest BCUT2D eigenvalue weighted by atomic mass is 9.96. The number of hydrogen-bond acceptors (Lipinski definition) is 3. The third-order valence-electron chi connectivity index (χ3n) is 3.29. The molecule has 1 rings (SSSR count). The van der Waals surface area contributed by atoms with Crippen molar-refractivity contribution >= 4 is 5.91 Å². The van der Waals surface area contributed by atoms with Crippen molar-refractivity contribution in [3.8, 4) is 0 Å². The second kappa shape index (κ2) is 6.08. The number of piperidine rings is 1. The van der Waals surface area contributed by atoms with Crippen LogP contribution in [0.15, 0.2) is 0 Å². The van der Waals surface area contributed by atoms with Crippen molar-refractivity contribution < 1.29 is 4.79 Å². The number of primary amides is 1. The van der Waals surface area contributed by atoms with E-state index in [0.29, 0.717) is 0 Å². The van der Waals surface area contributed by atoms with Crippen molar-refractivity contribution in [3.63, 3.8) is 0 Å². The van der Waals surface area contributed by atoms with Crippen molar-refractivity contribution in [2.75, 3.05) is 26.2 Å². The summed E-state index contributed by atoms with van der Waals surface area (Å²) in [6.07, 6.45) is 2.34. The molecule has 0 aromatic carbocycles. The van der Waals surface area contributed by atoms with E-state index in [2.05, 4.69) is 17.1 Å². The van der Waals surface area contributed by atoms with Gasteiger partial charge in [-0.05, 0) is 51.9 Å². The summed E-state index contributed by atoms with van der Waals surface area (Å²) in [7, 11) is 0. The predicted molar refractivity (Wildman–Crippen MR) is 61.5 cm³/mol. The van der Waals surface area contributed by atoms with Crippen LogP contribution in [0.25, 0.3) is 0 Å². The van der Waals surface area contributed by atoms with E-state index in [1.807, 2.05) is 6.92 Å². The van der Waals surface area contributed by atoms with Gasteiger partial charge in [0.1, 0.15) is 0 Å². The molecule has 88 valence electrons. The maximum absolute atomic E-state index is 11.0. The molecule has 1 aliphatic rings. The Labute approximate surface area is 92.2 Å². The third-order valence-corrected chi connectivity index (χ3v) is 3.29. The second-order valence-electron chi connectivity index (χ2n) is 4.37. The Kier molecular flexibility index (Phi) is 5.05. The average Bonchev–Trinajstić information content (AvgIpc) is 2.26. The number of nitrogens with two attached hydrogens (primary N) is 1. The Hall–Kier alpha value is -0.610. The first-order chi connectivity index (χ1) is 7.15. The molecule has 1 unspecified atom stereocenters. The Balaban J connectivity index is 2.26. The second-order valence-corrected chi connectivity index (χ2v) is 4.37. The van der Waals surface area contributed by atoms with E-state index >= 15 is 0 Å². The van der Waals surface area contributed by atoms with E-state index in [9.17, 15) is 4.79 Å². The summed E-state index contributed by atoms with van der Waals surface area (Å²) in [5.74, 6) is 0.557. The van der Waals surface area contributed by atoms with Crippen LogP contribution in [0.3, 0.4) is 0 Å². The van der Waals surface area contributed by atoms with Crippen molar-refractivity contribution in [1.82, 2.24) is 10.2 Å². The Bertz CT molecular complexity index is 200. The van der Waals surface area contributed by atoms with E-state index in [0.717, 1.165) is 32.1 Å². The smallest absolute Gasteiger partial charge is 0.234 e. The minimum atomic E-state index is -0.208. The summed E-state index contributed by atoms with van der Waals surface area (Å²) in [5, 5.41) is 3.37. The summed E-state index contributed by atoms with van der Waals surface area (Å²) in [5.41, 5.74) is 5.29. The molecule has 0 aromatic rings. The molecule has 1 saturated heterocycles. The molecule has 3 N–H and O–H groups in total. The minimum Gasteiger partial charge on any atom is -0.368 e. The van der Waals surface area contributed by atoms with Gasteiger partial charge < -0.3 is 11.1 Å². The number of rotatable bonds is 5. The first-order valence-electron chi connectivity index (χ1n) is 5.89. The van der Waals surface area contributed by atoms with Gasteiger partial charge in [0.15, 0.2) is 0 Å². The highest BCUT2D eigenvalue weighted by molar-refractivity contribution is 5.79. The van der Waals surface area contributed by atoms with Gasteiger partial charge in [0.2, 0.25) is 5.91 Å². The molecule has 4 nitrogen and oxygen atoms in total. The molecule has 1 fully saturated rings. The maximum Gasteiger partial charge on any atom is 0.234 e. The van der Waals surface area contributed by atoms with E-state index < -0.39 is 0 Å². The van der Waals surface area contributed by atoms with Crippen LogP contribution in [0.4, 0.5) is 0 Å². The van der Waals surface area contributed by atoms with Crippen LogP contribution in [0.5, 0.6) is 0 Å². The van der Waals surface area contributed by atoms with E-state index in [4.69, 9.17) is 5.73 Å². The summed E-state index contributed by atoms with van der Waals surface area (Å²) in [6.45, 7) is 8.17. The normalized spacial score (nSPS) is 21.5. The largest absolute Gasteiger partial charge is 0.368 e. The maximum atomic E-state index is 11.0. The first-order valence-corrected chi connectivity index (χ1v) is 5.89. The fraction of sp³-hybridized carbons (Fsp3) is 0.909. The lowest BCUT2D eigenvalue weighted by Crippen LogP contribution is -2.47. The molecule has 4 heteroatoms. The molecule has 0 bridgehead atoms. The van der Waals surface area contributed by atoms with Crippen molar-refractivity contribution in [2.24, 2.45) is 11.7 Å². The van der Waals surface area contributed by atoms with Crippen molar-refractivity contribution in [1.29, 1.82) is 0 Å². The lowest BCUT2D eigenvalue weighted by Gasteiger charge is -2.34. The zero-order valence-electron chi connectivity index (χ0n) is 9.83. The quantitative estimate of drug-likeness (QED) is 0.685. The van der Waals surface area contributed by atoms with Crippen LogP contribution < -0.4 is 11.1 Å². The molecule has 0 radical (unpaired) electrons. The molecule has 0 aromatic heterocycles. The van der Waals surface area contributed by atoms with Crippen LogP contribution in [0, 0.1) is 5.92 Å². The highest BCUT2D eigenvalue weighted by Crippen LogP contribution is 2.18. The molecule has 1 atom stereocenters. The SMILES string of the molecule is CCNCC1CCN(C(C)C(N)=O)CC1. The average molecular weight is 213 g/mol. The molecule has 0 aliphatic carbocycles. The monoisotopic (exact) mass is 213 g/mol. The van der Waals surface area contributed by atoms with Gasteiger partial charge in [-0.3, -0.25) is 9.69 Å². The highest BCUT2D eigenvalue weighted by Gasteiger charge is 2.24. The van der Waals surface area contributed by atoms with Crippen LogP contribution in [0.1, 0.15) is 26.7 Å². The molecule has 15 heavy (non-hydrogen) atoms. The molecule has 0 spiro atoms. The van der Waals surface area contributed by atoms with Gasteiger partial charge in [0.25, 0.3) is 0 Å². The van der Waals surface area contributed by atoms with Gasteiger partial charge in [0.05, 0.1) is 6.04 Å². The van der Waals surface area contributed by atoms with Gasteiger partial charge in [-0.1, -0.05) is 6.92 Å². The number of hydrogen-bond donors (Lipinski definition) is 2. The van der Waals surface area contributed by atoms with Crippen molar-refractivity contribution in [3.05, 3.63) is 0 Å². The van der Waals surface area contributed by atoms with Gasteiger partial charge in [0, 0.05) is 0 Å². The number of carbonyl (C=O) groups excluding carboxylic acids is 1. The Morgan fingerprint density at radius 2 is 2.13 bits per heavy atom. The summed E-state index contributed by atoms with van der Waals surface area (Å²) in [6, 6.07) is -0.106. The van der Waals surface area contributed by atoms with Gasteiger partial charge >= 0.3 is 0 Å². The number of nitrogens with zero attached hydrogens (tertiary/aromatic N) is 1. The first kappa shape index (κ1) is 12.5. The zero-order chi connectivity index (χ0) is 11.3. The third kappa shape index (κ3) is 3.80. The van der Waals surface area contributed by atoms with Crippen LogP contribution in [0.2, 0.25) is 0 Å². The summed E-state index contributed by atoms with van der Waals surface area (Å²) in [4.78, 5) is 13.2. The molecule has 1 heterocycles. The van der Waals surface area contributed by atoms with Gasteiger partial charge in [-0.15, -0.1) is 0 Å². The van der Waals surface area contributed by atoms with Crippen LogP contribution in [-0.2, 0) is 4.79 Å². The Morgan fingerprint density at radius 1 is 1.53 bits per heavy atom. The predicted octanol–water partition coefficient (Wildman–Crippen LogP) is 0.182. The zero-order valence-corrected chi connectivity index (χ0v) is 9.83. The number of amides is 1. The number of likely N-dealkylation sites (tertiary alicyclic amines) is 1. The molecule has 0 saturated carbocycles. The van der Waals surface area contributed by atoms with Crippen LogP contribution in [-0.4, -0.2) is 43.0 Å². The van der Waals surface area contributed by atoms with E-state index in [1.54, 1.807) is 0 Å². The number of carbonyl (C=O) groups is 1. The standard InChI is InChI=1S/C11H23N3O/c1-3-13-8-10-4-6-14(7-5-10)9(2)11(12)15/h9-10,13H,3-8H2,1-2H3,(H2,12,15). The Morgan fingerprint density at radius 3 is 2.60 bits per heavy atom. The number of nitrogens with one attached hydrogen (secondary N) is 1. The highest BCUT2D eigenvalue weighted by atomic mass is 16.1. The van der Waals surface area contributed by atoms with E-state index in [1.165, 1.54) is 12.8 Å². The van der Waals surface area contributed by atoms with Crippen molar-refractivity contribution in [2.45, 2.75) is 32.7 Å². The van der Waals surface area contributed by atoms with E-state index in [-0.39, 0.29) is 11.9 Å². The lowest BCUT2D eigenvalue weighted by molar-refractivity contribution is -0.123.